The molecule has 0 unspecified atom stereocenters. The molecule has 7 heteroatoms. The number of aromatic nitrogens is 1. The lowest BCUT2D eigenvalue weighted by molar-refractivity contribution is 0.0529. The number of anilines is 2. The van der Waals surface area contributed by atoms with E-state index in [0.717, 1.165) is 19.1 Å². The zero-order valence-electron chi connectivity index (χ0n) is 11.3. The van der Waals surface area contributed by atoms with Crippen LogP contribution in [-0.2, 0) is 4.74 Å². The van der Waals surface area contributed by atoms with E-state index in [2.05, 4.69) is 21.6 Å². The maximum atomic E-state index is 11.8. The Bertz CT molecular complexity index is 445. The maximum absolute atomic E-state index is 11.8. The third-order valence-electron chi connectivity index (χ3n) is 3.12. The van der Waals surface area contributed by atoms with Crippen LogP contribution in [0.5, 0.6) is 0 Å². The van der Waals surface area contributed by atoms with Crippen molar-refractivity contribution < 1.29 is 9.53 Å². The molecule has 1 heterocycles. The Kier molecular flexibility index (Phi) is 4.60. The molecule has 19 heavy (non-hydrogen) atoms. The smallest absolute Gasteiger partial charge is 0.344 e. The highest BCUT2D eigenvalue weighted by atomic mass is 32.1. The molecule has 1 fully saturated rings. The van der Waals surface area contributed by atoms with Crippen LogP contribution in [-0.4, -0.2) is 48.0 Å². The second kappa shape index (κ2) is 6.21. The van der Waals surface area contributed by atoms with Crippen molar-refractivity contribution in [3.63, 3.8) is 0 Å². The predicted octanol–water partition coefficient (Wildman–Crippen LogP) is 1.41. The lowest BCUT2D eigenvalue weighted by Crippen LogP contribution is -2.27. The Balaban J connectivity index is 1.90. The van der Waals surface area contributed by atoms with Crippen molar-refractivity contribution in [1.82, 2.24) is 9.27 Å². The van der Waals surface area contributed by atoms with Crippen LogP contribution in [0.1, 0.15) is 30.1 Å². The average Bonchev–Trinajstić information content (AvgIpc) is 3.15. The topological polar surface area (TPSA) is 80.5 Å². The van der Waals surface area contributed by atoms with Crippen molar-refractivity contribution in [2.24, 2.45) is 0 Å². The Morgan fingerprint density at radius 3 is 3.00 bits per heavy atom. The first kappa shape index (κ1) is 14.1. The Morgan fingerprint density at radius 2 is 2.37 bits per heavy atom. The van der Waals surface area contributed by atoms with Crippen molar-refractivity contribution in [1.29, 1.82) is 0 Å². The summed E-state index contributed by atoms with van der Waals surface area (Å²) in [5.41, 5.74) is 6.07. The lowest BCUT2D eigenvalue weighted by Gasteiger charge is -2.15. The van der Waals surface area contributed by atoms with Gasteiger partial charge < -0.3 is 20.7 Å². The molecule has 3 N–H and O–H groups in total. The number of nitrogens with one attached hydrogen (secondary N) is 1. The first-order valence-corrected chi connectivity index (χ1v) is 7.27. The minimum absolute atomic E-state index is 0.237. The fraction of sp³-hybridized carbons (Fsp3) is 0.667. The molecule has 106 valence electrons. The number of nitrogens with zero attached hydrogens (tertiary/aromatic N) is 2. The van der Waals surface area contributed by atoms with Gasteiger partial charge >= 0.3 is 5.97 Å². The number of hydrogen-bond acceptors (Lipinski definition) is 7. The van der Waals surface area contributed by atoms with E-state index in [9.17, 15) is 4.79 Å². The zero-order valence-corrected chi connectivity index (χ0v) is 12.1. The SMILES string of the molecule is CCOC(=O)c1c(N)nsc1NCCN(C)C1CC1. The van der Waals surface area contributed by atoms with Crippen LogP contribution in [0, 0.1) is 0 Å². The van der Waals surface area contributed by atoms with Crippen LogP contribution in [0.2, 0.25) is 0 Å². The van der Waals surface area contributed by atoms with Crippen LogP contribution in [0.3, 0.4) is 0 Å². The summed E-state index contributed by atoms with van der Waals surface area (Å²) in [4.78, 5) is 14.1. The van der Waals surface area contributed by atoms with Gasteiger partial charge in [0, 0.05) is 19.1 Å². The van der Waals surface area contributed by atoms with Gasteiger partial charge in [-0.1, -0.05) is 0 Å². The van der Waals surface area contributed by atoms with Crippen LogP contribution in [0.15, 0.2) is 0 Å². The first-order valence-electron chi connectivity index (χ1n) is 6.49. The fourth-order valence-corrected chi connectivity index (χ4v) is 2.59. The summed E-state index contributed by atoms with van der Waals surface area (Å²) < 4.78 is 8.99. The highest BCUT2D eigenvalue weighted by molar-refractivity contribution is 7.11. The third kappa shape index (κ3) is 3.57. The number of esters is 1. The largest absolute Gasteiger partial charge is 0.462 e. The number of nitrogens with two attached hydrogens (primary N) is 1. The van der Waals surface area contributed by atoms with Gasteiger partial charge in [-0.15, -0.1) is 0 Å². The van der Waals surface area contributed by atoms with E-state index in [1.165, 1.54) is 24.4 Å². The van der Waals surface area contributed by atoms with Gasteiger partial charge in [0.2, 0.25) is 0 Å². The Hall–Kier alpha value is -1.34. The second-order valence-corrected chi connectivity index (χ2v) is 5.40. The van der Waals surface area contributed by atoms with Gasteiger partial charge in [0.1, 0.15) is 10.6 Å². The van der Waals surface area contributed by atoms with E-state index in [4.69, 9.17) is 10.5 Å². The van der Waals surface area contributed by atoms with Gasteiger partial charge in [-0.2, -0.15) is 4.37 Å². The normalized spacial score (nSPS) is 14.7. The number of likely N-dealkylation sites (N-methyl/N-ethyl adjacent to an activating group) is 1. The molecular weight excluding hydrogens is 264 g/mol. The van der Waals surface area contributed by atoms with Gasteiger partial charge in [0.05, 0.1) is 6.61 Å². The summed E-state index contributed by atoms with van der Waals surface area (Å²) in [5, 5.41) is 3.92. The van der Waals surface area contributed by atoms with Gasteiger partial charge in [-0.3, -0.25) is 0 Å². The molecule has 0 bridgehead atoms. The highest BCUT2D eigenvalue weighted by Crippen LogP contribution is 2.28. The molecule has 1 aliphatic carbocycles. The van der Waals surface area contributed by atoms with Gasteiger partial charge in [0.15, 0.2) is 5.82 Å². The third-order valence-corrected chi connectivity index (χ3v) is 3.94. The standard InChI is InChI=1S/C12H20N4O2S/c1-3-18-12(17)9-10(13)15-19-11(9)14-6-7-16(2)8-4-5-8/h8,14H,3-7H2,1-2H3,(H2,13,15). The number of carbonyl (C=O) groups excluding carboxylic acids is 1. The quantitative estimate of drug-likeness (QED) is 0.737. The molecule has 1 aromatic heterocycles. The summed E-state index contributed by atoms with van der Waals surface area (Å²) in [5.74, 6) is -0.173. The van der Waals surface area contributed by atoms with E-state index < -0.39 is 5.97 Å². The van der Waals surface area contributed by atoms with E-state index >= 15 is 0 Å². The first-order chi connectivity index (χ1) is 9.13. The molecule has 2 rings (SSSR count). The average molecular weight is 284 g/mol. The van der Waals surface area contributed by atoms with E-state index in [1.807, 2.05) is 0 Å². The number of rotatable bonds is 7. The number of hydrogen-bond donors (Lipinski definition) is 2. The number of nitrogen functional groups attached to an aromatic ring is 1. The molecule has 0 atom stereocenters. The van der Waals surface area contributed by atoms with Crippen molar-refractivity contribution >= 4 is 28.3 Å². The molecule has 1 saturated carbocycles. The molecule has 0 spiro atoms. The van der Waals surface area contributed by atoms with Crippen molar-refractivity contribution in [2.75, 3.05) is 37.8 Å². The molecular formula is C12H20N4O2S. The van der Waals surface area contributed by atoms with E-state index in [0.29, 0.717) is 17.2 Å². The minimum Gasteiger partial charge on any atom is -0.462 e. The van der Waals surface area contributed by atoms with Crippen LogP contribution >= 0.6 is 11.5 Å². The summed E-state index contributed by atoms with van der Waals surface area (Å²) in [6, 6.07) is 0.734. The Morgan fingerprint density at radius 1 is 1.63 bits per heavy atom. The molecule has 0 saturated heterocycles. The Labute approximate surface area is 117 Å². The highest BCUT2D eigenvalue weighted by Gasteiger charge is 2.26. The monoisotopic (exact) mass is 284 g/mol. The van der Waals surface area contributed by atoms with Crippen molar-refractivity contribution in [2.45, 2.75) is 25.8 Å². The van der Waals surface area contributed by atoms with E-state index in [1.54, 1.807) is 6.92 Å². The fourth-order valence-electron chi connectivity index (χ4n) is 1.87. The van der Waals surface area contributed by atoms with Gasteiger partial charge in [0.25, 0.3) is 0 Å². The molecule has 1 aliphatic rings. The van der Waals surface area contributed by atoms with Crippen LogP contribution < -0.4 is 11.1 Å². The van der Waals surface area contributed by atoms with Crippen molar-refractivity contribution in [3.8, 4) is 0 Å². The molecule has 0 radical (unpaired) electrons. The lowest BCUT2D eigenvalue weighted by atomic mass is 10.3. The predicted molar refractivity (Wildman–Crippen MR) is 76.6 cm³/mol. The molecule has 0 aliphatic heterocycles. The maximum Gasteiger partial charge on any atom is 0.344 e. The van der Waals surface area contributed by atoms with Crippen molar-refractivity contribution in [3.05, 3.63) is 5.56 Å². The minimum atomic E-state index is -0.410. The number of carbonyl (C=O) groups is 1. The van der Waals surface area contributed by atoms with Crippen LogP contribution in [0.4, 0.5) is 10.8 Å². The van der Waals surface area contributed by atoms with E-state index in [-0.39, 0.29) is 5.82 Å². The molecule has 1 aromatic rings. The van der Waals surface area contributed by atoms with Gasteiger partial charge in [-0.05, 0) is 38.3 Å². The van der Waals surface area contributed by atoms with Crippen LogP contribution in [0.25, 0.3) is 0 Å². The summed E-state index contributed by atoms with van der Waals surface area (Å²) in [6.07, 6.45) is 2.58. The number of ether oxygens (including phenoxy) is 1. The second-order valence-electron chi connectivity index (χ2n) is 4.63. The zero-order chi connectivity index (χ0) is 13.8. The summed E-state index contributed by atoms with van der Waals surface area (Å²) in [6.45, 7) is 3.80. The van der Waals surface area contributed by atoms with Gasteiger partial charge in [-0.25, -0.2) is 4.79 Å². The molecule has 0 aromatic carbocycles. The summed E-state index contributed by atoms with van der Waals surface area (Å²) in [7, 11) is 2.12. The molecule has 6 nitrogen and oxygen atoms in total. The summed E-state index contributed by atoms with van der Waals surface area (Å²) >= 11 is 1.20. The molecule has 0 amide bonds.